The Morgan fingerprint density at radius 2 is 2.39 bits per heavy atom. The summed E-state index contributed by atoms with van der Waals surface area (Å²) in [6, 6.07) is 3.88. The summed E-state index contributed by atoms with van der Waals surface area (Å²) in [6.45, 7) is 0.436. The summed E-state index contributed by atoms with van der Waals surface area (Å²) >= 11 is 1.48. The van der Waals surface area contributed by atoms with E-state index in [4.69, 9.17) is 0 Å². The number of hydrogen-bond acceptors (Lipinski definition) is 5. The number of rotatable bonds is 4. The monoisotopic (exact) mass is 266 g/mol. The zero-order valence-electron chi connectivity index (χ0n) is 9.64. The molecule has 0 fully saturated rings. The van der Waals surface area contributed by atoms with Crippen LogP contribution in [-0.2, 0) is 11.3 Å². The molecule has 0 bridgehead atoms. The normalized spacial score (nSPS) is 10.1. The highest BCUT2D eigenvalue weighted by Crippen LogP contribution is 2.19. The summed E-state index contributed by atoms with van der Waals surface area (Å²) in [6.07, 6.45) is 1.69. The van der Waals surface area contributed by atoms with Gasteiger partial charge in [-0.2, -0.15) is 0 Å². The Kier molecular flexibility index (Phi) is 3.88. The van der Waals surface area contributed by atoms with Gasteiger partial charge in [-0.25, -0.2) is 14.2 Å². The maximum absolute atomic E-state index is 13.2. The van der Waals surface area contributed by atoms with Gasteiger partial charge in [0, 0.05) is 11.6 Å². The number of carbonyl (C=O) groups excluding carboxylic acids is 1. The SMILES string of the molecule is COC(=O)c1ccc(F)cc1NCc1nccs1. The van der Waals surface area contributed by atoms with Gasteiger partial charge in [0.15, 0.2) is 0 Å². The van der Waals surface area contributed by atoms with Crippen LogP contribution in [0.3, 0.4) is 0 Å². The molecule has 2 aromatic rings. The fraction of sp³-hybridized carbons (Fsp3) is 0.167. The summed E-state index contributed by atoms with van der Waals surface area (Å²) in [4.78, 5) is 15.6. The molecule has 1 heterocycles. The molecule has 0 spiro atoms. The van der Waals surface area contributed by atoms with Crippen LogP contribution in [0.15, 0.2) is 29.8 Å². The van der Waals surface area contributed by atoms with E-state index in [1.807, 2.05) is 5.38 Å². The number of thiazole rings is 1. The highest BCUT2D eigenvalue weighted by molar-refractivity contribution is 7.09. The molecule has 4 nitrogen and oxygen atoms in total. The van der Waals surface area contributed by atoms with Crippen molar-refractivity contribution in [2.75, 3.05) is 12.4 Å². The minimum absolute atomic E-state index is 0.301. The van der Waals surface area contributed by atoms with Crippen LogP contribution in [0.2, 0.25) is 0 Å². The van der Waals surface area contributed by atoms with Gasteiger partial charge in [-0.05, 0) is 18.2 Å². The Morgan fingerprint density at radius 1 is 1.56 bits per heavy atom. The molecule has 2 rings (SSSR count). The first kappa shape index (κ1) is 12.5. The van der Waals surface area contributed by atoms with Crippen molar-refractivity contribution in [2.45, 2.75) is 6.54 Å². The van der Waals surface area contributed by atoms with Crippen molar-refractivity contribution in [3.8, 4) is 0 Å². The third-order valence-corrected chi connectivity index (χ3v) is 3.08. The van der Waals surface area contributed by atoms with Crippen molar-refractivity contribution in [3.63, 3.8) is 0 Å². The third kappa shape index (κ3) is 2.84. The quantitative estimate of drug-likeness (QED) is 0.864. The molecule has 0 saturated heterocycles. The second kappa shape index (κ2) is 5.59. The van der Waals surface area contributed by atoms with E-state index in [-0.39, 0.29) is 0 Å². The first-order valence-electron chi connectivity index (χ1n) is 5.21. The van der Waals surface area contributed by atoms with E-state index < -0.39 is 11.8 Å². The predicted molar refractivity (Wildman–Crippen MR) is 67.2 cm³/mol. The number of esters is 1. The molecule has 0 unspecified atom stereocenters. The summed E-state index contributed by atoms with van der Waals surface area (Å²) < 4.78 is 17.8. The van der Waals surface area contributed by atoms with E-state index in [0.717, 1.165) is 5.01 Å². The number of anilines is 1. The van der Waals surface area contributed by atoms with Crippen LogP contribution < -0.4 is 5.32 Å². The molecule has 1 aromatic heterocycles. The molecule has 0 aliphatic rings. The maximum Gasteiger partial charge on any atom is 0.339 e. The first-order chi connectivity index (χ1) is 8.70. The van der Waals surface area contributed by atoms with Crippen LogP contribution in [0, 0.1) is 5.82 Å². The number of methoxy groups -OCH3 is 1. The average molecular weight is 266 g/mol. The van der Waals surface area contributed by atoms with Gasteiger partial charge >= 0.3 is 5.97 Å². The van der Waals surface area contributed by atoms with Gasteiger partial charge in [0.25, 0.3) is 0 Å². The standard InChI is InChI=1S/C12H11FN2O2S/c1-17-12(16)9-3-2-8(13)6-10(9)15-7-11-14-4-5-18-11/h2-6,15H,7H2,1H3. The van der Waals surface area contributed by atoms with E-state index in [2.05, 4.69) is 15.0 Å². The van der Waals surface area contributed by atoms with Gasteiger partial charge in [0.2, 0.25) is 0 Å². The lowest BCUT2D eigenvalue weighted by atomic mass is 10.1. The Morgan fingerprint density at radius 3 is 3.06 bits per heavy atom. The summed E-state index contributed by atoms with van der Waals surface area (Å²) in [5.74, 6) is -0.916. The van der Waals surface area contributed by atoms with Crippen LogP contribution >= 0.6 is 11.3 Å². The molecule has 0 atom stereocenters. The second-order valence-corrected chi connectivity index (χ2v) is 4.44. The highest BCUT2D eigenvalue weighted by Gasteiger charge is 2.12. The van der Waals surface area contributed by atoms with Crippen LogP contribution in [0.1, 0.15) is 15.4 Å². The van der Waals surface area contributed by atoms with Crippen LogP contribution in [0.5, 0.6) is 0 Å². The van der Waals surface area contributed by atoms with Crippen LogP contribution in [-0.4, -0.2) is 18.1 Å². The number of carbonyl (C=O) groups is 1. The second-order valence-electron chi connectivity index (χ2n) is 3.46. The minimum Gasteiger partial charge on any atom is -0.465 e. The fourth-order valence-corrected chi connectivity index (χ4v) is 2.02. The number of ether oxygens (including phenoxy) is 1. The molecule has 18 heavy (non-hydrogen) atoms. The van der Waals surface area contributed by atoms with E-state index in [9.17, 15) is 9.18 Å². The van der Waals surface area contributed by atoms with Crippen molar-refractivity contribution < 1.29 is 13.9 Å². The van der Waals surface area contributed by atoms with E-state index >= 15 is 0 Å². The number of aromatic nitrogens is 1. The lowest BCUT2D eigenvalue weighted by Crippen LogP contribution is -2.08. The molecular formula is C12H11FN2O2S. The summed E-state index contributed by atoms with van der Waals surface area (Å²) in [7, 11) is 1.29. The molecule has 0 amide bonds. The number of nitrogens with zero attached hydrogens (tertiary/aromatic N) is 1. The number of benzene rings is 1. The van der Waals surface area contributed by atoms with Crippen molar-refractivity contribution in [1.82, 2.24) is 4.98 Å². The van der Waals surface area contributed by atoms with Gasteiger partial charge in [-0.3, -0.25) is 0 Å². The maximum atomic E-state index is 13.2. The zero-order chi connectivity index (χ0) is 13.0. The summed E-state index contributed by atoms with van der Waals surface area (Å²) in [5, 5.41) is 5.69. The molecule has 6 heteroatoms. The van der Waals surface area contributed by atoms with Gasteiger partial charge < -0.3 is 10.1 Å². The van der Waals surface area contributed by atoms with Crippen molar-refractivity contribution >= 4 is 23.0 Å². The first-order valence-corrected chi connectivity index (χ1v) is 6.09. The number of nitrogens with one attached hydrogen (secondary N) is 1. The molecule has 1 aromatic carbocycles. The zero-order valence-corrected chi connectivity index (χ0v) is 10.5. The van der Waals surface area contributed by atoms with E-state index in [0.29, 0.717) is 17.8 Å². The van der Waals surface area contributed by atoms with Gasteiger partial charge in [-0.1, -0.05) is 0 Å². The van der Waals surface area contributed by atoms with E-state index in [1.54, 1.807) is 6.20 Å². The van der Waals surface area contributed by atoms with Crippen LogP contribution in [0.25, 0.3) is 0 Å². The Bertz CT molecular complexity index is 543. The lowest BCUT2D eigenvalue weighted by Gasteiger charge is -2.09. The third-order valence-electron chi connectivity index (χ3n) is 2.30. The molecule has 1 N–H and O–H groups in total. The van der Waals surface area contributed by atoms with Crippen LogP contribution in [0.4, 0.5) is 10.1 Å². The number of halogens is 1. The van der Waals surface area contributed by atoms with Gasteiger partial charge in [-0.15, -0.1) is 11.3 Å². The molecule has 0 aliphatic heterocycles. The lowest BCUT2D eigenvalue weighted by molar-refractivity contribution is 0.0602. The molecule has 0 saturated carbocycles. The largest absolute Gasteiger partial charge is 0.465 e. The Balaban J connectivity index is 2.19. The van der Waals surface area contributed by atoms with Gasteiger partial charge in [0.1, 0.15) is 10.8 Å². The average Bonchev–Trinajstić information content (AvgIpc) is 2.88. The molecular weight excluding hydrogens is 255 g/mol. The molecule has 94 valence electrons. The highest BCUT2D eigenvalue weighted by atomic mass is 32.1. The Hall–Kier alpha value is -1.95. The topological polar surface area (TPSA) is 51.2 Å². The van der Waals surface area contributed by atoms with Crippen molar-refractivity contribution in [2.24, 2.45) is 0 Å². The molecule has 0 radical (unpaired) electrons. The predicted octanol–water partition coefficient (Wildman–Crippen LogP) is 2.68. The Labute approximate surface area is 107 Å². The summed E-state index contributed by atoms with van der Waals surface area (Å²) in [5.41, 5.74) is 0.701. The van der Waals surface area contributed by atoms with E-state index in [1.165, 1.54) is 36.6 Å². The van der Waals surface area contributed by atoms with Crippen molar-refractivity contribution in [3.05, 3.63) is 46.2 Å². The minimum atomic E-state index is -0.503. The number of hydrogen-bond donors (Lipinski definition) is 1. The fourth-order valence-electron chi connectivity index (χ4n) is 1.46. The van der Waals surface area contributed by atoms with Gasteiger partial charge in [0.05, 0.1) is 24.9 Å². The molecule has 0 aliphatic carbocycles. The smallest absolute Gasteiger partial charge is 0.339 e. The van der Waals surface area contributed by atoms with Crippen molar-refractivity contribution in [1.29, 1.82) is 0 Å².